The van der Waals surface area contributed by atoms with Crippen LogP contribution in [0.3, 0.4) is 0 Å². The van der Waals surface area contributed by atoms with E-state index in [9.17, 15) is 0 Å². The second-order valence-corrected chi connectivity index (χ2v) is 3.87. The third kappa shape index (κ3) is 1.33. The lowest BCUT2D eigenvalue weighted by Gasteiger charge is -2.30. The van der Waals surface area contributed by atoms with Crippen LogP contribution < -0.4 is 10.4 Å². The van der Waals surface area contributed by atoms with Crippen LogP contribution in [0.4, 0.5) is 5.69 Å². The summed E-state index contributed by atoms with van der Waals surface area (Å²) in [5.74, 6) is 0. The van der Waals surface area contributed by atoms with Gasteiger partial charge in [-0.2, -0.15) is 0 Å². The molecule has 0 saturated carbocycles. The number of rotatable bonds is 0. The van der Waals surface area contributed by atoms with Crippen molar-refractivity contribution in [3.63, 3.8) is 0 Å². The normalized spacial score (nSPS) is 22.2. The summed E-state index contributed by atoms with van der Waals surface area (Å²) in [6.07, 6.45) is 1.00. The Balaban J connectivity index is 2.40. The van der Waals surface area contributed by atoms with Crippen molar-refractivity contribution in [1.29, 1.82) is 0 Å². The number of nitrogens with two attached hydrogens (primary N) is 1. The smallest absolute Gasteiger partial charge is 0.0428 e. The zero-order valence-electron chi connectivity index (χ0n) is 6.90. The molecule has 1 aliphatic rings. The molecule has 1 aromatic carbocycles. The van der Waals surface area contributed by atoms with Gasteiger partial charge in [0, 0.05) is 18.3 Å². The van der Waals surface area contributed by atoms with E-state index in [1.54, 1.807) is 0 Å². The minimum absolute atomic E-state index is 0.275. The summed E-state index contributed by atoms with van der Waals surface area (Å²) >= 11 is 0. The first-order valence-electron chi connectivity index (χ1n) is 4.13. The van der Waals surface area contributed by atoms with Crippen molar-refractivity contribution in [2.45, 2.75) is 12.5 Å². The van der Waals surface area contributed by atoms with Crippen LogP contribution in [0.5, 0.6) is 0 Å². The number of hydrogen-bond donors (Lipinski definition) is 1. The predicted octanol–water partition coefficient (Wildman–Crippen LogP) is 1.17. The highest BCUT2D eigenvalue weighted by molar-refractivity contribution is 7.19. The molecular formula is C9H13N2P. The fourth-order valence-corrected chi connectivity index (χ4v) is 2.18. The number of para-hydroxylation sites is 1. The molecule has 1 aliphatic heterocycles. The van der Waals surface area contributed by atoms with Crippen LogP contribution in [0, 0.1) is 0 Å². The first-order valence-corrected chi connectivity index (χ1v) is 4.65. The summed E-state index contributed by atoms with van der Waals surface area (Å²) in [6.45, 7) is 0.932. The largest absolute Gasteiger partial charge is 0.354 e. The molecule has 0 saturated heterocycles. The lowest BCUT2D eigenvalue weighted by molar-refractivity contribution is 0.657. The highest BCUT2D eigenvalue weighted by Gasteiger charge is 2.18. The van der Waals surface area contributed by atoms with Gasteiger partial charge in [0.15, 0.2) is 0 Å². The van der Waals surface area contributed by atoms with Crippen molar-refractivity contribution in [2.75, 3.05) is 11.2 Å². The highest BCUT2D eigenvalue weighted by atomic mass is 31.0. The molecule has 0 radical (unpaired) electrons. The van der Waals surface area contributed by atoms with Crippen LogP contribution in [0.1, 0.15) is 5.56 Å². The molecule has 1 aromatic rings. The van der Waals surface area contributed by atoms with Crippen LogP contribution in [-0.4, -0.2) is 12.6 Å². The molecule has 2 atom stereocenters. The monoisotopic (exact) mass is 180 g/mol. The van der Waals surface area contributed by atoms with E-state index in [1.807, 2.05) is 0 Å². The molecule has 0 amide bonds. The summed E-state index contributed by atoms with van der Waals surface area (Å²) in [5, 5.41) is 0. The van der Waals surface area contributed by atoms with Gasteiger partial charge >= 0.3 is 0 Å². The summed E-state index contributed by atoms with van der Waals surface area (Å²) in [7, 11) is 2.71. The van der Waals surface area contributed by atoms with Crippen LogP contribution in [-0.2, 0) is 6.42 Å². The maximum atomic E-state index is 5.88. The van der Waals surface area contributed by atoms with E-state index in [4.69, 9.17) is 5.73 Å². The van der Waals surface area contributed by atoms with Crippen molar-refractivity contribution in [2.24, 2.45) is 5.73 Å². The van der Waals surface area contributed by atoms with E-state index in [0.29, 0.717) is 0 Å². The summed E-state index contributed by atoms with van der Waals surface area (Å²) in [5.41, 5.74) is 8.53. The van der Waals surface area contributed by atoms with E-state index in [2.05, 4.69) is 38.3 Å². The molecule has 2 nitrogen and oxygen atoms in total. The highest BCUT2D eigenvalue weighted by Crippen LogP contribution is 2.28. The molecule has 2 unspecified atom stereocenters. The zero-order valence-corrected chi connectivity index (χ0v) is 8.06. The van der Waals surface area contributed by atoms with Crippen molar-refractivity contribution < 1.29 is 0 Å². The lowest BCUT2D eigenvalue weighted by atomic mass is 10.0. The van der Waals surface area contributed by atoms with Gasteiger partial charge in [0.05, 0.1) is 0 Å². The molecule has 0 aliphatic carbocycles. The minimum Gasteiger partial charge on any atom is -0.354 e. The van der Waals surface area contributed by atoms with Gasteiger partial charge in [-0.1, -0.05) is 18.2 Å². The molecule has 12 heavy (non-hydrogen) atoms. The molecule has 2 N–H and O–H groups in total. The van der Waals surface area contributed by atoms with Crippen molar-refractivity contribution in [1.82, 2.24) is 0 Å². The Kier molecular flexibility index (Phi) is 2.03. The second kappa shape index (κ2) is 3.04. The van der Waals surface area contributed by atoms with Crippen LogP contribution in [0.15, 0.2) is 24.3 Å². The quantitative estimate of drug-likeness (QED) is 0.607. The Labute approximate surface area is 75.0 Å². The Hall–Kier alpha value is -0.590. The molecule has 0 aromatic heterocycles. The summed E-state index contributed by atoms with van der Waals surface area (Å²) in [4.78, 5) is 0. The van der Waals surface area contributed by atoms with Gasteiger partial charge in [-0.15, -0.1) is 0 Å². The third-order valence-electron chi connectivity index (χ3n) is 2.21. The lowest BCUT2D eigenvalue weighted by Crippen LogP contribution is -2.38. The van der Waals surface area contributed by atoms with Crippen molar-refractivity contribution in [3.05, 3.63) is 29.8 Å². The van der Waals surface area contributed by atoms with E-state index >= 15 is 0 Å². The van der Waals surface area contributed by atoms with Crippen LogP contribution >= 0.6 is 9.39 Å². The number of benzene rings is 1. The number of hydrogen-bond acceptors (Lipinski definition) is 2. The average molecular weight is 180 g/mol. The fraction of sp³-hybridized carbons (Fsp3) is 0.333. The van der Waals surface area contributed by atoms with Crippen LogP contribution in [0.25, 0.3) is 0 Å². The second-order valence-electron chi connectivity index (χ2n) is 3.25. The molecule has 2 rings (SSSR count). The van der Waals surface area contributed by atoms with Gasteiger partial charge in [0.25, 0.3) is 0 Å². The summed E-state index contributed by atoms with van der Waals surface area (Å²) in [6, 6.07) is 8.68. The Morgan fingerprint density at radius 3 is 3.00 bits per heavy atom. The predicted molar refractivity (Wildman–Crippen MR) is 55.2 cm³/mol. The van der Waals surface area contributed by atoms with E-state index in [1.165, 1.54) is 11.3 Å². The number of anilines is 1. The number of nitrogens with zero attached hydrogens (tertiary/aromatic N) is 1. The maximum Gasteiger partial charge on any atom is 0.0428 e. The molecule has 0 fully saturated rings. The molecule has 1 heterocycles. The maximum absolute atomic E-state index is 5.88. The van der Waals surface area contributed by atoms with Crippen LogP contribution in [0.2, 0.25) is 0 Å². The molecule has 64 valence electrons. The topological polar surface area (TPSA) is 29.3 Å². The molecule has 3 heteroatoms. The van der Waals surface area contributed by atoms with Crippen molar-refractivity contribution in [3.8, 4) is 0 Å². The Morgan fingerprint density at radius 2 is 2.17 bits per heavy atom. The molecular weight excluding hydrogens is 167 g/mol. The SMILES string of the molecule is NC1Cc2ccccc2N(P)C1. The van der Waals surface area contributed by atoms with E-state index in [0.717, 1.165) is 13.0 Å². The first kappa shape index (κ1) is 8.03. The van der Waals surface area contributed by atoms with Gasteiger partial charge in [-0.25, -0.2) is 0 Å². The Bertz CT molecular complexity index is 288. The van der Waals surface area contributed by atoms with Gasteiger partial charge in [-0.05, 0) is 27.4 Å². The minimum atomic E-state index is 0.275. The first-order chi connectivity index (χ1) is 5.77. The average Bonchev–Trinajstić information content (AvgIpc) is 2.04. The molecule has 0 bridgehead atoms. The van der Waals surface area contributed by atoms with Crippen molar-refractivity contribution >= 4 is 15.1 Å². The third-order valence-corrected chi connectivity index (χ3v) is 2.70. The number of fused-ring (bicyclic) bond motifs is 1. The molecule has 0 spiro atoms. The zero-order chi connectivity index (χ0) is 8.55. The van der Waals surface area contributed by atoms with Gasteiger partial charge in [0.2, 0.25) is 0 Å². The van der Waals surface area contributed by atoms with Gasteiger partial charge in [0.1, 0.15) is 0 Å². The standard InChI is InChI=1S/C9H13N2P/c10-8-5-7-3-1-2-4-9(7)11(12)6-8/h1-4,8H,5-6,10,12H2. The van der Waals surface area contributed by atoms with Gasteiger partial charge < -0.3 is 10.4 Å². The van der Waals surface area contributed by atoms with E-state index in [-0.39, 0.29) is 6.04 Å². The van der Waals surface area contributed by atoms with Gasteiger partial charge in [-0.3, -0.25) is 0 Å². The van der Waals surface area contributed by atoms with E-state index < -0.39 is 0 Å². The summed E-state index contributed by atoms with van der Waals surface area (Å²) < 4.78 is 2.14. The fourth-order valence-electron chi connectivity index (χ4n) is 1.66. The Morgan fingerprint density at radius 1 is 1.42 bits per heavy atom.